The molecule has 0 aliphatic rings. The van der Waals surface area contributed by atoms with Gasteiger partial charge >= 0.3 is 0 Å². The van der Waals surface area contributed by atoms with Crippen molar-refractivity contribution in [1.82, 2.24) is 15.6 Å². The van der Waals surface area contributed by atoms with Crippen molar-refractivity contribution in [2.45, 2.75) is 19.5 Å². The van der Waals surface area contributed by atoms with Gasteiger partial charge in [-0.15, -0.1) is 0 Å². The Morgan fingerprint density at radius 1 is 1.25 bits per heavy atom. The fourth-order valence-corrected chi connectivity index (χ4v) is 2.00. The number of amides is 2. The number of ether oxygens (including phenoxy) is 1. The predicted molar refractivity (Wildman–Crippen MR) is 90.6 cm³/mol. The molecule has 0 unspecified atom stereocenters. The maximum atomic E-state index is 12.0. The predicted octanol–water partition coefficient (Wildman–Crippen LogP) is 1.93. The van der Waals surface area contributed by atoms with E-state index in [1.165, 1.54) is 0 Å². The van der Waals surface area contributed by atoms with Crippen LogP contribution < -0.4 is 15.4 Å². The standard InChI is InChI=1S/C17H18ClN3O3/c1-12(17(23)20-10-13-3-2-8-19-9-13)21-16(22)11-24-15-6-4-14(18)5-7-15/h2-9,12H,10-11H2,1H3,(H,20,23)(H,21,22)/t12-/m0/s1. The summed E-state index contributed by atoms with van der Waals surface area (Å²) in [6.07, 6.45) is 3.33. The van der Waals surface area contributed by atoms with Crippen LogP contribution in [0.25, 0.3) is 0 Å². The minimum Gasteiger partial charge on any atom is -0.484 e. The molecule has 0 aliphatic carbocycles. The highest BCUT2D eigenvalue weighted by atomic mass is 35.5. The molecule has 2 amide bonds. The Labute approximate surface area is 145 Å². The van der Waals surface area contributed by atoms with Gasteiger partial charge in [0.1, 0.15) is 11.8 Å². The van der Waals surface area contributed by atoms with Gasteiger partial charge in [0, 0.05) is 24.0 Å². The van der Waals surface area contributed by atoms with Crippen molar-refractivity contribution in [2.75, 3.05) is 6.61 Å². The van der Waals surface area contributed by atoms with Gasteiger partial charge in [-0.2, -0.15) is 0 Å². The summed E-state index contributed by atoms with van der Waals surface area (Å²) in [6.45, 7) is 1.79. The first-order chi connectivity index (χ1) is 11.5. The molecular weight excluding hydrogens is 330 g/mol. The third kappa shape index (κ3) is 5.89. The van der Waals surface area contributed by atoms with Gasteiger partial charge in [-0.05, 0) is 42.8 Å². The minimum atomic E-state index is -0.664. The van der Waals surface area contributed by atoms with E-state index in [0.717, 1.165) is 5.56 Å². The summed E-state index contributed by atoms with van der Waals surface area (Å²) in [7, 11) is 0. The number of nitrogens with zero attached hydrogens (tertiary/aromatic N) is 1. The molecule has 24 heavy (non-hydrogen) atoms. The summed E-state index contributed by atoms with van der Waals surface area (Å²) in [5, 5.41) is 5.90. The smallest absolute Gasteiger partial charge is 0.258 e. The van der Waals surface area contributed by atoms with Crippen molar-refractivity contribution in [1.29, 1.82) is 0 Å². The molecule has 7 heteroatoms. The number of carbonyl (C=O) groups is 2. The molecule has 1 heterocycles. The van der Waals surface area contributed by atoms with Crippen LogP contribution in [-0.2, 0) is 16.1 Å². The molecule has 126 valence electrons. The lowest BCUT2D eigenvalue weighted by Gasteiger charge is -2.14. The van der Waals surface area contributed by atoms with Crippen molar-refractivity contribution in [3.8, 4) is 5.75 Å². The second-order valence-electron chi connectivity index (χ2n) is 5.11. The van der Waals surface area contributed by atoms with Gasteiger partial charge in [0.05, 0.1) is 0 Å². The van der Waals surface area contributed by atoms with Crippen molar-refractivity contribution < 1.29 is 14.3 Å². The zero-order chi connectivity index (χ0) is 17.4. The lowest BCUT2D eigenvalue weighted by atomic mass is 10.2. The van der Waals surface area contributed by atoms with Crippen LogP contribution >= 0.6 is 11.6 Å². The fraction of sp³-hybridized carbons (Fsp3) is 0.235. The number of pyridine rings is 1. The van der Waals surface area contributed by atoms with Crippen molar-refractivity contribution >= 4 is 23.4 Å². The Bertz CT molecular complexity index is 677. The van der Waals surface area contributed by atoms with Crippen molar-refractivity contribution in [2.24, 2.45) is 0 Å². The van der Waals surface area contributed by atoms with Crippen LogP contribution in [0.3, 0.4) is 0 Å². The zero-order valence-corrected chi connectivity index (χ0v) is 13.9. The molecule has 0 saturated heterocycles. The van der Waals surface area contributed by atoms with Crippen LogP contribution in [0.5, 0.6) is 5.75 Å². The quantitative estimate of drug-likeness (QED) is 0.802. The van der Waals surface area contributed by atoms with Crippen LogP contribution in [-0.4, -0.2) is 29.4 Å². The highest BCUT2D eigenvalue weighted by Gasteiger charge is 2.15. The maximum absolute atomic E-state index is 12.0. The molecule has 0 spiro atoms. The largest absolute Gasteiger partial charge is 0.484 e. The second-order valence-corrected chi connectivity index (χ2v) is 5.55. The third-order valence-electron chi connectivity index (χ3n) is 3.14. The number of rotatable bonds is 7. The summed E-state index contributed by atoms with van der Waals surface area (Å²) >= 11 is 5.77. The van der Waals surface area contributed by atoms with E-state index in [0.29, 0.717) is 17.3 Å². The monoisotopic (exact) mass is 347 g/mol. The first kappa shape index (κ1) is 17.7. The molecule has 0 radical (unpaired) electrons. The Morgan fingerprint density at radius 2 is 2.00 bits per heavy atom. The van der Waals surface area contributed by atoms with Crippen LogP contribution in [0, 0.1) is 0 Å². The van der Waals surface area contributed by atoms with Gasteiger partial charge in [-0.1, -0.05) is 17.7 Å². The van der Waals surface area contributed by atoms with E-state index in [2.05, 4.69) is 15.6 Å². The van der Waals surface area contributed by atoms with E-state index in [-0.39, 0.29) is 18.4 Å². The van der Waals surface area contributed by atoms with Gasteiger partial charge in [0.25, 0.3) is 5.91 Å². The number of aromatic nitrogens is 1. The molecule has 0 aliphatic heterocycles. The van der Waals surface area contributed by atoms with Gasteiger partial charge in [-0.25, -0.2) is 0 Å². The van der Waals surface area contributed by atoms with Crippen LogP contribution in [0.2, 0.25) is 5.02 Å². The van der Waals surface area contributed by atoms with E-state index in [1.54, 1.807) is 49.6 Å². The SMILES string of the molecule is C[C@H](NC(=O)COc1ccc(Cl)cc1)C(=O)NCc1cccnc1. The van der Waals surface area contributed by atoms with Crippen LogP contribution in [0.15, 0.2) is 48.8 Å². The number of benzene rings is 1. The van der Waals surface area contributed by atoms with E-state index in [1.807, 2.05) is 6.07 Å². The van der Waals surface area contributed by atoms with E-state index in [9.17, 15) is 9.59 Å². The summed E-state index contributed by atoms with van der Waals surface area (Å²) in [4.78, 5) is 27.8. The highest BCUT2D eigenvalue weighted by molar-refractivity contribution is 6.30. The summed E-state index contributed by atoms with van der Waals surface area (Å²) in [6, 6.07) is 9.66. The molecule has 2 N–H and O–H groups in total. The molecule has 0 bridgehead atoms. The summed E-state index contributed by atoms with van der Waals surface area (Å²) < 4.78 is 5.32. The Kier molecular flexibility index (Phi) is 6.57. The summed E-state index contributed by atoms with van der Waals surface area (Å²) in [5.74, 6) is -0.129. The number of hydrogen-bond donors (Lipinski definition) is 2. The molecule has 1 atom stereocenters. The van der Waals surface area contributed by atoms with E-state index < -0.39 is 6.04 Å². The van der Waals surface area contributed by atoms with E-state index >= 15 is 0 Å². The van der Waals surface area contributed by atoms with Gasteiger partial charge < -0.3 is 15.4 Å². The lowest BCUT2D eigenvalue weighted by Crippen LogP contribution is -2.46. The topological polar surface area (TPSA) is 80.3 Å². The lowest BCUT2D eigenvalue weighted by molar-refractivity contribution is -0.129. The van der Waals surface area contributed by atoms with E-state index in [4.69, 9.17) is 16.3 Å². The average molecular weight is 348 g/mol. The number of hydrogen-bond acceptors (Lipinski definition) is 4. The highest BCUT2D eigenvalue weighted by Crippen LogP contribution is 2.15. The molecule has 0 saturated carbocycles. The third-order valence-corrected chi connectivity index (χ3v) is 3.40. The minimum absolute atomic E-state index is 0.179. The van der Waals surface area contributed by atoms with Gasteiger partial charge in [-0.3, -0.25) is 14.6 Å². The molecule has 2 rings (SSSR count). The Morgan fingerprint density at radius 3 is 2.67 bits per heavy atom. The molecule has 0 fully saturated rings. The number of carbonyl (C=O) groups excluding carboxylic acids is 2. The normalized spacial score (nSPS) is 11.4. The van der Waals surface area contributed by atoms with Gasteiger partial charge in [0.15, 0.2) is 6.61 Å². The first-order valence-corrected chi connectivity index (χ1v) is 7.77. The van der Waals surface area contributed by atoms with Gasteiger partial charge in [0.2, 0.25) is 5.91 Å². The Hall–Kier alpha value is -2.60. The Balaban J connectivity index is 1.72. The van der Waals surface area contributed by atoms with Crippen molar-refractivity contribution in [3.63, 3.8) is 0 Å². The fourth-order valence-electron chi connectivity index (χ4n) is 1.87. The van der Waals surface area contributed by atoms with Crippen LogP contribution in [0.1, 0.15) is 12.5 Å². The second kappa shape index (κ2) is 8.88. The zero-order valence-electron chi connectivity index (χ0n) is 13.2. The maximum Gasteiger partial charge on any atom is 0.258 e. The molecule has 6 nitrogen and oxygen atoms in total. The number of nitrogens with one attached hydrogen (secondary N) is 2. The molecular formula is C17H18ClN3O3. The first-order valence-electron chi connectivity index (χ1n) is 7.39. The molecule has 1 aromatic carbocycles. The van der Waals surface area contributed by atoms with Crippen LogP contribution in [0.4, 0.5) is 0 Å². The molecule has 2 aromatic rings. The molecule has 1 aromatic heterocycles. The summed E-state index contributed by atoms with van der Waals surface area (Å²) in [5.41, 5.74) is 0.885. The van der Waals surface area contributed by atoms with Crippen molar-refractivity contribution in [3.05, 3.63) is 59.4 Å². The average Bonchev–Trinajstić information content (AvgIpc) is 2.60. The number of halogens is 1.